The molecule has 3 rings (SSSR count). The molecule has 0 unspecified atom stereocenters. The first kappa shape index (κ1) is 16.5. The average Bonchev–Trinajstić information content (AvgIpc) is 2.61. The number of aromatic nitrogens is 2. The minimum Gasteiger partial charge on any atom is -0.481 e. The molecule has 2 aromatic rings. The third kappa shape index (κ3) is 3.41. The summed E-state index contributed by atoms with van der Waals surface area (Å²) < 4.78 is 28.6. The molecule has 0 amide bonds. The highest BCUT2D eigenvalue weighted by molar-refractivity contribution is 7.89. The second-order valence-electron chi connectivity index (χ2n) is 5.39. The van der Waals surface area contributed by atoms with Crippen molar-refractivity contribution in [3.63, 3.8) is 0 Å². The third-order valence-electron chi connectivity index (χ3n) is 3.90. The topological polar surface area (TPSA) is 102 Å². The Balaban J connectivity index is 1.76. The molecule has 0 bridgehead atoms. The second-order valence-corrected chi connectivity index (χ2v) is 6.92. The van der Waals surface area contributed by atoms with Crippen molar-refractivity contribution in [2.24, 2.45) is 5.14 Å². The molecule has 1 aromatic heterocycles. The molecule has 128 valence electrons. The van der Waals surface area contributed by atoms with E-state index in [2.05, 4.69) is 9.97 Å². The number of nitrogens with two attached hydrogens (primary N) is 1. The molecule has 0 radical (unpaired) electrons. The monoisotopic (exact) mass is 349 g/mol. The summed E-state index contributed by atoms with van der Waals surface area (Å²) in [7, 11) is -2.19. The fourth-order valence-electron chi connectivity index (χ4n) is 2.70. The summed E-state index contributed by atoms with van der Waals surface area (Å²) >= 11 is 0. The van der Waals surface area contributed by atoms with Gasteiger partial charge in [-0.15, -0.1) is 0 Å². The van der Waals surface area contributed by atoms with Crippen LogP contribution in [0.1, 0.15) is 0 Å². The van der Waals surface area contributed by atoms with Crippen molar-refractivity contribution in [1.29, 1.82) is 0 Å². The molecule has 1 aliphatic heterocycles. The van der Waals surface area contributed by atoms with Gasteiger partial charge in [-0.2, -0.15) is 4.98 Å². The molecular formula is C15H19N5O3S. The summed E-state index contributed by atoms with van der Waals surface area (Å²) in [5.74, 6) is 1.12. The maximum atomic E-state index is 11.8. The maximum absolute atomic E-state index is 11.8. The molecule has 1 fully saturated rings. The van der Waals surface area contributed by atoms with Crippen molar-refractivity contribution >= 4 is 21.7 Å². The number of anilines is 2. The fourth-order valence-corrected chi connectivity index (χ4v) is 3.46. The first-order valence-corrected chi connectivity index (χ1v) is 9.02. The largest absolute Gasteiger partial charge is 0.481 e. The molecule has 0 spiro atoms. The smallest absolute Gasteiger partial charge is 0.240 e. The van der Waals surface area contributed by atoms with Crippen LogP contribution in [0.4, 0.5) is 11.6 Å². The SMILES string of the molecule is COc1ccnc(N2CCN(c3ccccc3S(N)(=O)=O)CC2)n1. The van der Waals surface area contributed by atoms with Crippen molar-refractivity contribution < 1.29 is 13.2 Å². The third-order valence-corrected chi connectivity index (χ3v) is 4.86. The molecule has 2 N–H and O–H groups in total. The van der Waals surface area contributed by atoms with Crippen LogP contribution in [0.5, 0.6) is 5.88 Å². The van der Waals surface area contributed by atoms with Gasteiger partial charge >= 0.3 is 0 Å². The van der Waals surface area contributed by atoms with Crippen LogP contribution in [0.2, 0.25) is 0 Å². The zero-order valence-electron chi connectivity index (χ0n) is 13.3. The second kappa shape index (κ2) is 6.62. The van der Waals surface area contributed by atoms with Crippen molar-refractivity contribution in [2.45, 2.75) is 4.90 Å². The van der Waals surface area contributed by atoms with Gasteiger partial charge in [-0.1, -0.05) is 12.1 Å². The molecule has 2 heterocycles. The summed E-state index contributed by atoms with van der Waals surface area (Å²) in [6, 6.07) is 8.48. The van der Waals surface area contributed by atoms with E-state index in [9.17, 15) is 8.42 Å². The van der Waals surface area contributed by atoms with Gasteiger partial charge < -0.3 is 14.5 Å². The average molecular weight is 349 g/mol. The predicted octanol–water partition coefficient (Wildman–Crippen LogP) is 0.459. The summed E-state index contributed by atoms with van der Waals surface area (Å²) in [4.78, 5) is 12.8. The number of piperazine rings is 1. The van der Waals surface area contributed by atoms with E-state index >= 15 is 0 Å². The molecule has 0 saturated carbocycles. The van der Waals surface area contributed by atoms with Gasteiger partial charge in [0.25, 0.3) is 0 Å². The number of primary sulfonamides is 1. The van der Waals surface area contributed by atoms with Gasteiger partial charge in [-0.05, 0) is 12.1 Å². The maximum Gasteiger partial charge on any atom is 0.240 e. The molecule has 0 aliphatic carbocycles. The fraction of sp³-hybridized carbons (Fsp3) is 0.333. The van der Waals surface area contributed by atoms with Gasteiger partial charge in [0.2, 0.25) is 21.9 Å². The van der Waals surface area contributed by atoms with Crippen LogP contribution in [0.25, 0.3) is 0 Å². The van der Waals surface area contributed by atoms with Gasteiger partial charge in [-0.3, -0.25) is 0 Å². The number of methoxy groups -OCH3 is 1. The van der Waals surface area contributed by atoms with E-state index in [1.54, 1.807) is 31.5 Å². The highest BCUT2D eigenvalue weighted by atomic mass is 32.2. The lowest BCUT2D eigenvalue weighted by molar-refractivity contribution is 0.396. The van der Waals surface area contributed by atoms with E-state index in [4.69, 9.17) is 9.88 Å². The number of benzene rings is 1. The first-order valence-electron chi connectivity index (χ1n) is 7.48. The van der Waals surface area contributed by atoms with Crippen LogP contribution in [0.3, 0.4) is 0 Å². The number of hydrogen-bond donors (Lipinski definition) is 1. The van der Waals surface area contributed by atoms with Crippen LogP contribution in [0.15, 0.2) is 41.4 Å². The summed E-state index contributed by atoms with van der Waals surface area (Å²) in [5.41, 5.74) is 0.631. The summed E-state index contributed by atoms with van der Waals surface area (Å²) in [6.07, 6.45) is 1.66. The molecule has 1 saturated heterocycles. The van der Waals surface area contributed by atoms with Gasteiger partial charge in [0.05, 0.1) is 12.8 Å². The lowest BCUT2D eigenvalue weighted by Crippen LogP contribution is -2.47. The van der Waals surface area contributed by atoms with Crippen molar-refractivity contribution in [2.75, 3.05) is 43.1 Å². The Bertz CT molecular complexity index is 819. The number of sulfonamides is 1. The van der Waals surface area contributed by atoms with Crippen LogP contribution >= 0.6 is 0 Å². The molecular weight excluding hydrogens is 330 g/mol. The van der Waals surface area contributed by atoms with E-state index in [0.29, 0.717) is 43.7 Å². The highest BCUT2D eigenvalue weighted by Gasteiger charge is 2.23. The van der Waals surface area contributed by atoms with E-state index in [-0.39, 0.29) is 4.90 Å². The Morgan fingerprint density at radius 3 is 2.42 bits per heavy atom. The van der Waals surface area contributed by atoms with E-state index < -0.39 is 10.0 Å². The highest BCUT2D eigenvalue weighted by Crippen LogP contribution is 2.25. The number of nitrogens with zero attached hydrogens (tertiary/aromatic N) is 4. The lowest BCUT2D eigenvalue weighted by atomic mass is 10.2. The Morgan fingerprint density at radius 1 is 1.08 bits per heavy atom. The minimum absolute atomic E-state index is 0.149. The van der Waals surface area contributed by atoms with Crippen LogP contribution in [0, 0.1) is 0 Å². The number of hydrogen-bond acceptors (Lipinski definition) is 7. The standard InChI is InChI=1S/C15H19N5O3S/c1-23-14-6-7-17-15(18-14)20-10-8-19(9-11-20)12-4-2-3-5-13(12)24(16,21)22/h2-7H,8-11H2,1H3,(H2,16,21,22). The first-order chi connectivity index (χ1) is 11.5. The lowest BCUT2D eigenvalue weighted by Gasteiger charge is -2.36. The van der Waals surface area contributed by atoms with Crippen LogP contribution in [-0.4, -0.2) is 51.7 Å². The van der Waals surface area contributed by atoms with Gasteiger partial charge in [-0.25, -0.2) is 18.5 Å². The molecule has 0 atom stereocenters. The predicted molar refractivity (Wildman–Crippen MR) is 90.8 cm³/mol. The van der Waals surface area contributed by atoms with Crippen molar-refractivity contribution in [3.05, 3.63) is 36.5 Å². The molecule has 24 heavy (non-hydrogen) atoms. The Labute approximate surface area is 140 Å². The van der Waals surface area contributed by atoms with E-state index in [0.717, 1.165) is 0 Å². The van der Waals surface area contributed by atoms with Crippen LogP contribution in [-0.2, 0) is 10.0 Å². The number of para-hydroxylation sites is 1. The van der Waals surface area contributed by atoms with Crippen LogP contribution < -0.4 is 19.7 Å². The molecule has 1 aromatic carbocycles. The Morgan fingerprint density at radius 2 is 1.75 bits per heavy atom. The summed E-state index contributed by atoms with van der Waals surface area (Å²) in [6.45, 7) is 2.64. The Hall–Kier alpha value is -2.39. The quantitative estimate of drug-likeness (QED) is 0.855. The molecule has 1 aliphatic rings. The van der Waals surface area contributed by atoms with Gasteiger partial charge in [0.1, 0.15) is 4.90 Å². The number of rotatable bonds is 4. The van der Waals surface area contributed by atoms with E-state index in [1.807, 2.05) is 15.9 Å². The number of ether oxygens (including phenoxy) is 1. The molecule has 9 heteroatoms. The normalized spacial score (nSPS) is 15.4. The summed E-state index contributed by atoms with van der Waals surface area (Å²) in [5, 5.41) is 5.32. The van der Waals surface area contributed by atoms with Crippen molar-refractivity contribution in [1.82, 2.24) is 9.97 Å². The zero-order valence-corrected chi connectivity index (χ0v) is 14.1. The molecule has 8 nitrogen and oxygen atoms in total. The minimum atomic E-state index is -3.75. The van der Waals surface area contributed by atoms with Gasteiger partial charge in [0.15, 0.2) is 0 Å². The van der Waals surface area contributed by atoms with Gasteiger partial charge in [0, 0.05) is 38.4 Å². The zero-order chi connectivity index (χ0) is 17.2. The van der Waals surface area contributed by atoms with Crippen molar-refractivity contribution in [3.8, 4) is 5.88 Å². The Kier molecular flexibility index (Phi) is 4.54. The van der Waals surface area contributed by atoms with E-state index in [1.165, 1.54) is 6.07 Å².